The van der Waals surface area contributed by atoms with Crippen molar-refractivity contribution in [1.82, 2.24) is 0 Å². The molecule has 15 heavy (non-hydrogen) atoms. The van der Waals surface area contributed by atoms with Crippen molar-refractivity contribution in [2.45, 2.75) is 77.7 Å². The van der Waals surface area contributed by atoms with Gasteiger partial charge in [-0.2, -0.15) is 0 Å². The van der Waals surface area contributed by atoms with Crippen molar-refractivity contribution in [1.29, 1.82) is 0 Å². The molecule has 1 nitrogen and oxygen atoms in total. The molecular formula is C14H29N. The van der Waals surface area contributed by atoms with Crippen molar-refractivity contribution in [3.05, 3.63) is 0 Å². The largest absolute Gasteiger partial charge is 0.327 e. The zero-order valence-corrected chi connectivity index (χ0v) is 10.7. The first kappa shape index (κ1) is 13.0. The highest BCUT2D eigenvalue weighted by atomic mass is 14.7. The van der Waals surface area contributed by atoms with Crippen LogP contribution in [0.15, 0.2) is 0 Å². The summed E-state index contributed by atoms with van der Waals surface area (Å²) in [4.78, 5) is 0. The molecule has 1 fully saturated rings. The first-order valence-corrected chi connectivity index (χ1v) is 7.01. The zero-order valence-electron chi connectivity index (χ0n) is 10.7. The van der Waals surface area contributed by atoms with Crippen LogP contribution in [0.1, 0.15) is 71.6 Å². The Morgan fingerprint density at radius 2 is 1.60 bits per heavy atom. The smallest absolute Gasteiger partial charge is 0.00929 e. The van der Waals surface area contributed by atoms with Crippen LogP contribution in [0.4, 0.5) is 0 Å². The quantitative estimate of drug-likeness (QED) is 0.744. The van der Waals surface area contributed by atoms with E-state index in [0.29, 0.717) is 6.04 Å². The maximum absolute atomic E-state index is 6.40. The van der Waals surface area contributed by atoms with Crippen LogP contribution in [-0.4, -0.2) is 6.04 Å². The van der Waals surface area contributed by atoms with Gasteiger partial charge in [0.25, 0.3) is 0 Å². The Morgan fingerprint density at radius 3 is 2.13 bits per heavy atom. The fourth-order valence-corrected chi connectivity index (χ4v) is 2.99. The summed E-state index contributed by atoms with van der Waals surface area (Å²) in [5, 5.41) is 0. The summed E-state index contributed by atoms with van der Waals surface area (Å²) in [6.07, 6.45) is 12.5. The minimum absolute atomic E-state index is 0.461. The number of hydrogen-bond acceptors (Lipinski definition) is 1. The predicted molar refractivity (Wildman–Crippen MR) is 67.9 cm³/mol. The van der Waals surface area contributed by atoms with Gasteiger partial charge < -0.3 is 5.73 Å². The van der Waals surface area contributed by atoms with E-state index in [2.05, 4.69) is 13.8 Å². The van der Waals surface area contributed by atoms with Crippen molar-refractivity contribution in [3.63, 3.8) is 0 Å². The van der Waals surface area contributed by atoms with Crippen LogP contribution >= 0.6 is 0 Å². The first-order chi connectivity index (χ1) is 7.25. The molecule has 0 aromatic rings. The Morgan fingerprint density at radius 1 is 1.07 bits per heavy atom. The van der Waals surface area contributed by atoms with E-state index in [9.17, 15) is 0 Å². The van der Waals surface area contributed by atoms with Crippen molar-refractivity contribution in [3.8, 4) is 0 Å². The van der Waals surface area contributed by atoms with Gasteiger partial charge in [0.2, 0.25) is 0 Å². The summed E-state index contributed by atoms with van der Waals surface area (Å²) in [5.41, 5.74) is 6.40. The molecule has 0 amide bonds. The third-order valence-corrected chi connectivity index (χ3v) is 4.10. The molecule has 0 heterocycles. The minimum atomic E-state index is 0.461. The van der Waals surface area contributed by atoms with Gasteiger partial charge in [-0.15, -0.1) is 0 Å². The average molecular weight is 211 g/mol. The lowest BCUT2D eigenvalue weighted by Gasteiger charge is -2.30. The molecule has 2 atom stereocenters. The molecule has 1 saturated carbocycles. The maximum atomic E-state index is 6.40. The summed E-state index contributed by atoms with van der Waals surface area (Å²) in [7, 11) is 0. The van der Waals surface area contributed by atoms with Crippen LogP contribution in [0, 0.1) is 11.8 Å². The van der Waals surface area contributed by atoms with Gasteiger partial charge in [0, 0.05) is 6.04 Å². The van der Waals surface area contributed by atoms with Crippen molar-refractivity contribution in [2.24, 2.45) is 17.6 Å². The lowest BCUT2D eigenvalue weighted by atomic mass is 9.80. The van der Waals surface area contributed by atoms with Crippen LogP contribution in [0.5, 0.6) is 0 Å². The molecule has 1 aliphatic rings. The van der Waals surface area contributed by atoms with E-state index in [0.717, 1.165) is 11.8 Å². The first-order valence-electron chi connectivity index (χ1n) is 7.01. The van der Waals surface area contributed by atoms with Crippen LogP contribution in [-0.2, 0) is 0 Å². The second-order valence-electron chi connectivity index (χ2n) is 5.45. The fraction of sp³-hybridized carbons (Fsp3) is 1.00. The molecule has 1 aliphatic carbocycles. The van der Waals surface area contributed by atoms with E-state index in [1.807, 2.05) is 0 Å². The molecule has 2 unspecified atom stereocenters. The van der Waals surface area contributed by atoms with Gasteiger partial charge in [-0.1, -0.05) is 52.4 Å². The lowest BCUT2D eigenvalue weighted by Crippen LogP contribution is -2.36. The summed E-state index contributed by atoms with van der Waals surface area (Å²) in [6.45, 7) is 4.61. The Balaban J connectivity index is 2.37. The van der Waals surface area contributed by atoms with E-state index in [1.54, 1.807) is 0 Å². The summed E-state index contributed by atoms with van der Waals surface area (Å²) in [5.74, 6) is 1.53. The molecule has 0 radical (unpaired) electrons. The topological polar surface area (TPSA) is 26.0 Å². The second-order valence-corrected chi connectivity index (χ2v) is 5.45. The van der Waals surface area contributed by atoms with Gasteiger partial charge in [0.1, 0.15) is 0 Å². The van der Waals surface area contributed by atoms with Crippen LogP contribution in [0.2, 0.25) is 0 Å². The summed E-state index contributed by atoms with van der Waals surface area (Å²) >= 11 is 0. The monoisotopic (exact) mass is 211 g/mol. The molecule has 1 heteroatoms. The summed E-state index contributed by atoms with van der Waals surface area (Å²) in [6, 6.07) is 0.461. The third kappa shape index (κ3) is 4.55. The molecule has 0 saturated heterocycles. The van der Waals surface area contributed by atoms with E-state index < -0.39 is 0 Å². The van der Waals surface area contributed by atoms with E-state index in [4.69, 9.17) is 5.73 Å². The lowest BCUT2D eigenvalue weighted by molar-refractivity contribution is 0.259. The molecule has 90 valence electrons. The van der Waals surface area contributed by atoms with Crippen molar-refractivity contribution < 1.29 is 0 Å². The van der Waals surface area contributed by atoms with E-state index >= 15 is 0 Å². The highest BCUT2D eigenvalue weighted by Gasteiger charge is 2.22. The van der Waals surface area contributed by atoms with Crippen LogP contribution in [0.25, 0.3) is 0 Å². The molecule has 2 N–H and O–H groups in total. The maximum Gasteiger partial charge on any atom is 0.00929 e. The standard InChI is InChI=1S/C14H29N/c1-3-9-12(2)14(15)13-10-7-5-4-6-8-11-13/h12-14H,3-11,15H2,1-2H3. The van der Waals surface area contributed by atoms with Gasteiger partial charge in [-0.05, 0) is 31.1 Å². The van der Waals surface area contributed by atoms with E-state index in [-0.39, 0.29) is 0 Å². The Labute approximate surface area is 95.8 Å². The molecule has 0 bridgehead atoms. The summed E-state index contributed by atoms with van der Waals surface area (Å²) < 4.78 is 0. The molecule has 0 aromatic heterocycles. The van der Waals surface area contributed by atoms with Crippen molar-refractivity contribution in [2.75, 3.05) is 0 Å². The third-order valence-electron chi connectivity index (χ3n) is 4.10. The molecule has 1 rings (SSSR count). The van der Waals surface area contributed by atoms with Crippen LogP contribution in [0.3, 0.4) is 0 Å². The zero-order chi connectivity index (χ0) is 11.1. The predicted octanol–water partition coefficient (Wildman–Crippen LogP) is 4.11. The Hall–Kier alpha value is -0.0400. The van der Waals surface area contributed by atoms with Gasteiger partial charge in [-0.25, -0.2) is 0 Å². The highest BCUT2D eigenvalue weighted by molar-refractivity contribution is 4.79. The normalized spacial score (nSPS) is 24.2. The van der Waals surface area contributed by atoms with Gasteiger partial charge >= 0.3 is 0 Å². The van der Waals surface area contributed by atoms with Gasteiger partial charge in [0.05, 0.1) is 0 Å². The fourth-order valence-electron chi connectivity index (χ4n) is 2.99. The number of nitrogens with two attached hydrogens (primary N) is 1. The van der Waals surface area contributed by atoms with Gasteiger partial charge in [0.15, 0.2) is 0 Å². The molecule has 0 aliphatic heterocycles. The van der Waals surface area contributed by atoms with E-state index in [1.165, 1.54) is 57.8 Å². The van der Waals surface area contributed by atoms with Crippen LogP contribution < -0.4 is 5.73 Å². The Bertz CT molecular complexity index is 147. The number of rotatable bonds is 4. The Kier molecular flexibility index (Phi) is 6.31. The number of hydrogen-bond donors (Lipinski definition) is 1. The van der Waals surface area contributed by atoms with Crippen molar-refractivity contribution >= 4 is 0 Å². The highest BCUT2D eigenvalue weighted by Crippen LogP contribution is 2.28. The SMILES string of the molecule is CCCC(C)C(N)C1CCCCCCC1. The second kappa shape index (κ2) is 7.27. The molecular weight excluding hydrogens is 182 g/mol. The molecule has 0 spiro atoms. The average Bonchev–Trinajstić information content (AvgIpc) is 2.16. The molecule has 0 aromatic carbocycles. The van der Waals surface area contributed by atoms with Gasteiger partial charge in [-0.3, -0.25) is 0 Å². The minimum Gasteiger partial charge on any atom is -0.327 e.